The zero-order valence-corrected chi connectivity index (χ0v) is 18.1. The number of alkyl halides is 3. The van der Waals surface area contributed by atoms with E-state index in [0.29, 0.717) is 17.7 Å². The molecule has 0 spiro atoms. The molecule has 1 aromatic rings. The van der Waals surface area contributed by atoms with E-state index < -0.39 is 18.6 Å². The summed E-state index contributed by atoms with van der Waals surface area (Å²) >= 11 is 0. The van der Waals surface area contributed by atoms with Crippen molar-refractivity contribution >= 4 is 11.7 Å². The highest BCUT2D eigenvalue weighted by molar-refractivity contribution is 5.94. The molecule has 1 aromatic carbocycles. The lowest BCUT2D eigenvalue weighted by Crippen LogP contribution is -2.07. The molecule has 0 saturated heterocycles. The average Bonchev–Trinajstić information content (AvgIpc) is 2.69. The highest BCUT2D eigenvalue weighted by Gasteiger charge is 2.25. The Hall–Kier alpha value is -1.72. The monoisotopic (exact) mass is 429 g/mol. The molecule has 0 atom stereocenters. The average molecular weight is 430 g/mol. The number of benzene rings is 1. The lowest BCUT2D eigenvalue weighted by atomic mass is 10.0. The van der Waals surface area contributed by atoms with Crippen LogP contribution in [0.3, 0.4) is 0 Å². The molecule has 172 valence electrons. The summed E-state index contributed by atoms with van der Waals surface area (Å²) in [4.78, 5) is 11.1. The normalized spacial score (nSPS) is 11.6. The van der Waals surface area contributed by atoms with Gasteiger partial charge in [-0.1, -0.05) is 89.2 Å². The number of rotatable bonds is 18. The van der Waals surface area contributed by atoms with Crippen LogP contribution in [0.15, 0.2) is 24.3 Å². The number of halogens is 3. The summed E-state index contributed by atoms with van der Waals surface area (Å²) in [6.07, 6.45) is 10.3. The van der Waals surface area contributed by atoms with E-state index in [9.17, 15) is 18.0 Å². The van der Waals surface area contributed by atoms with Crippen LogP contribution in [0.2, 0.25) is 0 Å². The zero-order chi connectivity index (χ0) is 22.1. The van der Waals surface area contributed by atoms with E-state index in [0.717, 1.165) is 38.6 Å². The van der Waals surface area contributed by atoms with E-state index in [-0.39, 0.29) is 6.42 Å². The first-order valence-electron chi connectivity index (χ1n) is 11.5. The lowest BCUT2D eigenvalue weighted by molar-refractivity contribution is -0.135. The van der Waals surface area contributed by atoms with Crippen LogP contribution in [0.4, 0.5) is 18.9 Å². The van der Waals surface area contributed by atoms with Gasteiger partial charge in [-0.25, -0.2) is 4.79 Å². The van der Waals surface area contributed by atoms with Gasteiger partial charge in [0.2, 0.25) is 0 Å². The van der Waals surface area contributed by atoms with Gasteiger partial charge in [0.1, 0.15) is 0 Å². The minimum atomic E-state index is -3.99. The summed E-state index contributed by atoms with van der Waals surface area (Å²) in [6, 6.07) is 6.99. The molecule has 0 aliphatic rings. The smallest absolute Gasteiger partial charge is 0.389 e. The lowest BCUT2D eigenvalue weighted by Gasteiger charge is -2.09. The topological polar surface area (TPSA) is 49.3 Å². The Labute approximate surface area is 179 Å². The number of anilines is 1. The minimum absolute atomic E-state index is 0.273. The Morgan fingerprint density at radius 1 is 0.733 bits per heavy atom. The predicted octanol–water partition coefficient (Wildman–Crippen LogP) is 8.21. The van der Waals surface area contributed by atoms with E-state index in [1.807, 2.05) is 6.07 Å². The fraction of sp³-hybridized carbons (Fsp3) is 0.708. The molecular weight excluding hydrogens is 391 g/mol. The number of hydrogen-bond donors (Lipinski definition) is 2. The largest absolute Gasteiger partial charge is 0.478 e. The highest BCUT2D eigenvalue weighted by atomic mass is 19.4. The summed E-state index contributed by atoms with van der Waals surface area (Å²) in [5.41, 5.74) is 1.00. The maximum Gasteiger partial charge on any atom is 0.389 e. The first-order chi connectivity index (χ1) is 14.4. The standard InChI is InChI=1S/C24H38F3NO2/c25-24(26,27)19-15-11-9-7-5-3-1-2-4-6-8-10-12-16-20-28-22-18-14-13-17-21(22)23(29)30/h13-14,17-18,28H,1-12,15-16,19-20H2,(H,29,30). The van der Waals surface area contributed by atoms with Crippen molar-refractivity contribution in [2.45, 2.75) is 102 Å². The Morgan fingerprint density at radius 3 is 1.63 bits per heavy atom. The predicted molar refractivity (Wildman–Crippen MR) is 117 cm³/mol. The fourth-order valence-corrected chi connectivity index (χ4v) is 3.62. The Balaban J connectivity index is 1.83. The number of nitrogens with one attached hydrogen (secondary N) is 1. The van der Waals surface area contributed by atoms with Crippen molar-refractivity contribution in [3.63, 3.8) is 0 Å². The number of unbranched alkanes of at least 4 members (excludes halogenated alkanes) is 13. The third kappa shape index (κ3) is 14.3. The SMILES string of the molecule is O=C(O)c1ccccc1NCCCCCCCCCCCCCCCCC(F)(F)F. The molecule has 0 heterocycles. The summed E-state index contributed by atoms with van der Waals surface area (Å²) < 4.78 is 36.1. The number of carbonyl (C=O) groups is 1. The molecule has 0 saturated carbocycles. The highest BCUT2D eigenvalue weighted by Crippen LogP contribution is 2.23. The number of carboxylic acids is 1. The first kappa shape index (κ1) is 26.3. The van der Waals surface area contributed by atoms with Gasteiger partial charge in [0.15, 0.2) is 0 Å². The van der Waals surface area contributed by atoms with Crippen molar-refractivity contribution in [1.29, 1.82) is 0 Å². The molecule has 0 aliphatic carbocycles. The summed E-state index contributed by atoms with van der Waals surface area (Å²) in [6.45, 7) is 0.792. The van der Waals surface area contributed by atoms with Crippen molar-refractivity contribution in [2.75, 3.05) is 11.9 Å². The molecule has 0 aliphatic heterocycles. The molecule has 0 amide bonds. The van der Waals surface area contributed by atoms with Crippen LogP contribution in [0.25, 0.3) is 0 Å². The van der Waals surface area contributed by atoms with Gasteiger partial charge in [-0.3, -0.25) is 0 Å². The number of hydrogen-bond acceptors (Lipinski definition) is 2. The van der Waals surface area contributed by atoms with Crippen molar-refractivity contribution < 1.29 is 23.1 Å². The maximum absolute atomic E-state index is 12.0. The quantitative estimate of drug-likeness (QED) is 0.231. The van der Waals surface area contributed by atoms with E-state index in [1.54, 1.807) is 18.2 Å². The number of aromatic carboxylic acids is 1. The van der Waals surface area contributed by atoms with Gasteiger partial charge < -0.3 is 10.4 Å². The second kappa shape index (κ2) is 16.0. The molecular formula is C24H38F3NO2. The summed E-state index contributed by atoms with van der Waals surface area (Å²) in [5, 5.41) is 12.4. The van der Waals surface area contributed by atoms with Gasteiger partial charge in [0.25, 0.3) is 0 Å². The van der Waals surface area contributed by atoms with Crippen molar-refractivity contribution in [3.05, 3.63) is 29.8 Å². The van der Waals surface area contributed by atoms with Crippen LogP contribution in [-0.4, -0.2) is 23.8 Å². The molecule has 3 nitrogen and oxygen atoms in total. The second-order valence-corrected chi connectivity index (χ2v) is 8.09. The summed E-state index contributed by atoms with van der Waals surface area (Å²) in [5.74, 6) is -0.904. The molecule has 1 rings (SSSR count). The molecule has 2 N–H and O–H groups in total. The van der Waals surface area contributed by atoms with E-state index in [2.05, 4.69) is 5.32 Å². The number of carboxylic acid groups (broad SMARTS) is 1. The van der Waals surface area contributed by atoms with Crippen LogP contribution < -0.4 is 5.32 Å². The van der Waals surface area contributed by atoms with E-state index in [1.165, 1.54) is 44.9 Å². The zero-order valence-electron chi connectivity index (χ0n) is 18.1. The van der Waals surface area contributed by atoms with Crippen LogP contribution in [0.1, 0.15) is 107 Å². The van der Waals surface area contributed by atoms with Gasteiger partial charge in [-0.05, 0) is 25.0 Å². The Morgan fingerprint density at radius 2 is 1.17 bits per heavy atom. The van der Waals surface area contributed by atoms with E-state index >= 15 is 0 Å². The molecule has 0 fully saturated rings. The van der Waals surface area contributed by atoms with Crippen molar-refractivity contribution in [3.8, 4) is 0 Å². The third-order valence-electron chi connectivity index (χ3n) is 5.36. The van der Waals surface area contributed by atoms with Crippen molar-refractivity contribution in [1.82, 2.24) is 0 Å². The molecule has 0 bridgehead atoms. The van der Waals surface area contributed by atoms with Crippen LogP contribution in [-0.2, 0) is 0 Å². The molecule has 6 heteroatoms. The third-order valence-corrected chi connectivity index (χ3v) is 5.36. The first-order valence-corrected chi connectivity index (χ1v) is 11.5. The van der Waals surface area contributed by atoms with Crippen LogP contribution in [0, 0.1) is 0 Å². The van der Waals surface area contributed by atoms with Crippen LogP contribution >= 0.6 is 0 Å². The van der Waals surface area contributed by atoms with E-state index in [4.69, 9.17) is 5.11 Å². The van der Waals surface area contributed by atoms with Gasteiger partial charge in [-0.15, -0.1) is 0 Å². The molecule has 0 radical (unpaired) electrons. The van der Waals surface area contributed by atoms with Crippen molar-refractivity contribution in [2.24, 2.45) is 0 Å². The van der Waals surface area contributed by atoms with Gasteiger partial charge >= 0.3 is 12.1 Å². The summed E-state index contributed by atoms with van der Waals surface area (Å²) in [7, 11) is 0. The molecule has 0 unspecified atom stereocenters. The number of para-hydroxylation sites is 1. The van der Waals surface area contributed by atoms with Gasteiger partial charge in [0.05, 0.1) is 5.56 Å². The van der Waals surface area contributed by atoms with Gasteiger partial charge in [0, 0.05) is 18.7 Å². The minimum Gasteiger partial charge on any atom is -0.478 e. The molecule has 0 aromatic heterocycles. The Bertz CT molecular complexity index is 576. The Kier molecular flexibility index (Phi) is 14.1. The maximum atomic E-state index is 12.0. The molecule has 30 heavy (non-hydrogen) atoms. The fourth-order valence-electron chi connectivity index (χ4n) is 3.62. The van der Waals surface area contributed by atoms with Crippen LogP contribution in [0.5, 0.6) is 0 Å². The van der Waals surface area contributed by atoms with Gasteiger partial charge in [-0.2, -0.15) is 13.2 Å². The second-order valence-electron chi connectivity index (χ2n) is 8.09.